The summed E-state index contributed by atoms with van der Waals surface area (Å²) < 4.78 is 26.7. The smallest absolute Gasteiger partial charge is 0.322 e. The van der Waals surface area contributed by atoms with E-state index < -0.39 is 39.3 Å². The molecule has 0 radical (unpaired) electrons. The van der Waals surface area contributed by atoms with Gasteiger partial charge in [-0.25, -0.2) is 13.2 Å². The maximum absolute atomic E-state index is 12.8. The third-order valence-electron chi connectivity index (χ3n) is 6.19. The fourth-order valence-corrected chi connectivity index (χ4v) is 5.86. The Labute approximate surface area is 175 Å². The van der Waals surface area contributed by atoms with Crippen LogP contribution in [0.1, 0.15) is 44.9 Å². The van der Waals surface area contributed by atoms with E-state index in [9.17, 15) is 22.8 Å². The van der Waals surface area contributed by atoms with Gasteiger partial charge >= 0.3 is 6.03 Å². The van der Waals surface area contributed by atoms with Crippen LogP contribution in [0.15, 0.2) is 29.4 Å². The van der Waals surface area contributed by atoms with Gasteiger partial charge in [-0.1, -0.05) is 19.3 Å². The highest BCUT2D eigenvalue weighted by atomic mass is 32.2. The van der Waals surface area contributed by atoms with E-state index >= 15 is 0 Å². The second-order valence-electron chi connectivity index (χ2n) is 8.06. The van der Waals surface area contributed by atoms with Gasteiger partial charge in [0.1, 0.15) is 10.4 Å². The average molecular weight is 436 g/mol. The Morgan fingerprint density at radius 1 is 1.17 bits per heavy atom. The Morgan fingerprint density at radius 3 is 2.50 bits per heavy atom. The van der Waals surface area contributed by atoms with E-state index in [2.05, 4.69) is 15.7 Å². The predicted molar refractivity (Wildman–Crippen MR) is 105 cm³/mol. The zero-order chi connectivity index (χ0) is 21.4. The lowest BCUT2D eigenvalue weighted by Crippen LogP contribution is -2.53. The quantitative estimate of drug-likeness (QED) is 0.672. The van der Waals surface area contributed by atoms with Gasteiger partial charge in [-0.3, -0.25) is 20.0 Å². The number of hydrogen-bond acceptors (Lipinski definition) is 6. The highest BCUT2D eigenvalue weighted by Crippen LogP contribution is 2.33. The van der Waals surface area contributed by atoms with E-state index in [1.165, 1.54) is 22.8 Å². The number of amides is 4. The Bertz CT molecular complexity index is 937. The summed E-state index contributed by atoms with van der Waals surface area (Å²) in [5.74, 6) is -1.32. The maximum atomic E-state index is 12.8. The first-order valence-corrected chi connectivity index (χ1v) is 11.6. The van der Waals surface area contributed by atoms with Crippen LogP contribution in [-0.4, -0.2) is 59.2 Å². The van der Waals surface area contributed by atoms with Crippen molar-refractivity contribution in [2.75, 3.05) is 13.1 Å². The van der Waals surface area contributed by atoms with Crippen LogP contribution in [0.2, 0.25) is 0 Å². The number of aromatic nitrogens is 1. The van der Waals surface area contributed by atoms with Gasteiger partial charge in [0.15, 0.2) is 0 Å². The zero-order valence-corrected chi connectivity index (χ0v) is 17.4. The molecule has 3 heterocycles. The minimum absolute atomic E-state index is 0.116. The first kappa shape index (κ1) is 20.7. The number of nitrogens with zero attached hydrogens (tertiary/aromatic N) is 3. The molecule has 2 N–H and O–H groups in total. The number of piperidine rings is 1. The lowest BCUT2D eigenvalue weighted by Gasteiger charge is -2.32. The number of carbonyl (C=O) groups is 3. The van der Waals surface area contributed by atoms with Crippen molar-refractivity contribution in [1.82, 2.24) is 25.0 Å². The third-order valence-corrected chi connectivity index (χ3v) is 8.07. The first-order valence-electron chi connectivity index (χ1n) is 10.2. The molecule has 10 nitrogen and oxygen atoms in total. The van der Waals surface area contributed by atoms with E-state index in [0.717, 1.165) is 24.3 Å². The fourth-order valence-electron chi connectivity index (χ4n) is 4.42. The molecule has 2 aliphatic heterocycles. The molecule has 3 fully saturated rings. The van der Waals surface area contributed by atoms with Gasteiger partial charge < -0.3 is 5.32 Å². The average Bonchev–Trinajstić information content (AvgIpc) is 2.98. The molecule has 1 spiro atoms. The molecule has 0 atom stereocenters. The molecule has 2 saturated heterocycles. The molecule has 3 aliphatic rings. The van der Waals surface area contributed by atoms with Gasteiger partial charge in [0, 0.05) is 31.4 Å². The molecule has 4 amide bonds. The Kier molecular flexibility index (Phi) is 5.49. The summed E-state index contributed by atoms with van der Waals surface area (Å²) in [6, 6.07) is 2.44. The van der Waals surface area contributed by atoms with Crippen LogP contribution >= 0.6 is 0 Å². The molecule has 162 valence electrons. The van der Waals surface area contributed by atoms with Crippen molar-refractivity contribution in [2.24, 2.45) is 5.92 Å². The molecule has 11 heteroatoms. The van der Waals surface area contributed by atoms with Gasteiger partial charge in [0.05, 0.1) is 0 Å². The normalized spacial score (nSPS) is 22.9. The van der Waals surface area contributed by atoms with Gasteiger partial charge in [0.2, 0.25) is 15.9 Å². The summed E-state index contributed by atoms with van der Waals surface area (Å²) in [6.07, 6.45) is 7.31. The van der Waals surface area contributed by atoms with Gasteiger partial charge in [0.25, 0.3) is 5.91 Å². The molecule has 30 heavy (non-hydrogen) atoms. The topological polar surface area (TPSA) is 129 Å². The van der Waals surface area contributed by atoms with Crippen LogP contribution in [0, 0.1) is 5.92 Å². The van der Waals surface area contributed by atoms with Crippen LogP contribution < -0.4 is 10.7 Å². The van der Waals surface area contributed by atoms with Crippen molar-refractivity contribution >= 4 is 27.9 Å². The van der Waals surface area contributed by atoms with Crippen LogP contribution in [-0.2, 0) is 19.6 Å². The fraction of sp³-hybridized carbons (Fsp3) is 0.579. The summed E-state index contributed by atoms with van der Waals surface area (Å²) in [6.45, 7) is 0.360. The molecular weight excluding hydrogens is 410 g/mol. The van der Waals surface area contributed by atoms with Crippen molar-refractivity contribution in [3.8, 4) is 0 Å². The second kappa shape index (κ2) is 7.95. The molecule has 4 rings (SSSR count). The monoisotopic (exact) mass is 435 g/mol. The third kappa shape index (κ3) is 3.67. The minimum atomic E-state index is -3.66. The van der Waals surface area contributed by atoms with Gasteiger partial charge in [-0.15, -0.1) is 0 Å². The van der Waals surface area contributed by atoms with Crippen LogP contribution in [0.3, 0.4) is 0 Å². The van der Waals surface area contributed by atoms with E-state index in [1.807, 2.05) is 0 Å². The highest BCUT2D eigenvalue weighted by Gasteiger charge is 2.52. The number of carbonyl (C=O) groups excluding carboxylic acids is 3. The van der Waals surface area contributed by atoms with Crippen molar-refractivity contribution in [3.63, 3.8) is 0 Å². The number of nitrogens with one attached hydrogen (secondary N) is 2. The number of pyridine rings is 1. The predicted octanol–water partition coefficient (Wildman–Crippen LogP) is 0.768. The van der Waals surface area contributed by atoms with Crippen molar-refractivity contribution in [2.45, 2.75) is 55.4 Å². The van der Waals surface area contributed by atoms with Gasteiger partial charge in [-0.05, 0) is 37.8 Å². The van der Waals surface area contributed by atoms with E-state index in [4.69, 9.17) is 0 Å². The molecule has 1 aromatic heterocycles. The maximum Gasteiger partial charge on any atom is 0.344 e. The Balaban J connectivity index is 1.36. The molecular formula is C19H25N5O5S. The lowest BCUT2D eigenvalue weighted by molar-refractivity contribution is -0.141. The molecule has 1 aliphatic carbocycles. The summed E-state index contributed by atoms with van der Waals surface area (Å²) in [5, 5.41) is 3.55. The molecule has 0 unspecified atom stereocenters. The Morgan fingerprint density at radius 2 is 1.87 bits per heavy atom. The SMILES string of the molecule is O=C(NN1C(=O)NC2(CCCCC2)C1=O)C1CCN(S(=O)(=O)c2cccnc2)CC1. The van der Waals surface area contributed by atoms with Crippen molar-refractivity contribution < 1.29 is 22.8 Å². The highest BCUT2D eigenvalue weighted by molar-refractivity contribution is 7.89. The largest absolute Gasteiger partial charge is 0.344 e. The van der Waals surface area contributed by atoms with E-state index in [0.29, 0.717) is 25.7 Å². The number of hydrogen-bond donors (Lipinski definition) is 2. The molecule has 1 saturated carbocycles. The summed E-state index contributed by atoms with van der Waals surface area (Å²) >= 11 is 0. The van der Waals surface area contributed by atoms with Gasteiger partial charge in [-0.2, -0.15) is 9.31 Å². The zero-order valence-electron chi connectivity index (χ0n) is 16.5. The molecule has 1 aromatic rings. The number of urea groups is 1. The van der Waals surface area contributed by atoms with Crippen LogP contribution in [0.25, 0.3) is 0 Å². The lowest BCUT2D eigenvalue weighted by atomic mass is 9.82. The number of rotatable bonds is 4. The first-order chi connectivity index (χ1) is 14.3. The van der Waals surface area contributed by atoms with Crippen LogP contribution in [0.4, 0.5) is 4.79 Å². The number of imide groups is 1. The van der Waals surface area contributed by atoms with Crippen LogP contribution in [0.5, 0.6) is 0 Å². The number of hydrazine groups is 1. The minimum Gasteiger partial charge on any atom is -0.322 e. The van der Waals surface area contributed by atoms with E-state index in [1.54, 1.807) is 6.07 Å². The van der Waals surface area contributed by atoms with Crippen molar-refractivity contribution in [3.05, 3.63) is 24.5 Å². The summed E-state index contributed by atoms with van der Waals surface area (Å²) in [4.78, 5) is 41.7. The van der Waals surface area contributed by atoms with Crippen molar-refractivity contribution in [1.29, 1.82) is 0 Å². The number of sulfonamides is 1. The Hall–Kier alpha value is -2.53. The molecule has 0 bridgehead atoms. The molecule has 0 aromatic carbocycles. The summed E-state index contributed by atoms with van der Waals surface area (Å²) in [5.41, 5.74) is 1.56. The second-order valence-corrected chi connectivity index (χ2v) is 9.99. The van der Waals surface area contributed by atoms with E-state index in [-0.39, 0.29) is 18.0 Å². The summed E-state index contributed by atoms with van der Waals surface area (Å²) in [7, 11) is -3.66. The standard InChI is InChI=1S/C19H25N5O5S/c25-16(22-24-17(26)19(21-18(24)27)8-2-1-3-9-19)14-6-11-23(12-7-14)30(28,29)15-5-4-10-20-13-15/h4-5,10,13-14H,1-3,6-9,11-12H2,(H,21,27)(H,22,25).